The minimum Gasteiger partial charge on any atom is -0.394 e. The van der Waals surface area contributed by atoms with Gasteiger partial charge in [0.1, 0.15) is 24.4 Å². The van der Waals surface area contributed by atoms with Crippen molar-refractivity contribution in [2.75, 3.05) is 13.2 Å². The highest BCUT2D eigenvalue weighted by Crippen LogP contribution is 2.23. The lowest BCUT2D eigenvalue weighted by Crippen LogP contribution is -2.60. The number of ether oxygens (including phenoxy) is 2. The van der Waals surface area contributed by atoms with Crippen LogP contribution in [0.3, 0.4) is 0 Å². The fraction of sp³-hybridized carbons (Fsp3) is 0.873. The van der Waals surface area contributed by atoms with Crippen LogP contribution in [0.4, 0.5) is 0 Å². The first-order chi connectivity index (χ1) is 31.3. The number of amides is 1. The molecular formula is C55H103NO8. The number of rotatable bonds is 46. The third kappa shape index (κ3) is 34.7. The summed E-state index contributed by atoms with van der Waals surface area (Å²) in [6.07, 6.45) is 50.5. The molecule has 7 atom stereocenters. The van der Waals surface area contributed by atoms with Crippen molar-refractivity contribution in [3.05, 3.63) is 36.5 Å². The molecule has 0 aromatic carbocycles. The Balaban J connectivity index is 2.27. The minimum atomic E-state index is -1.57. The van der Waals surface area contributed by atoms with Gasteiger partial charge in [0.25, 0.3) is 0 Å². The predicted octanol–water partition coefficient (Wildman–Crippen LogP) is 12.8. The molecule has 9 nitrogen and oxygen atoms in total. The van der Waals surface area contributed by atoms with Crippen LogP contribution in [-0.2, 0) is 14.3 Å². The van der Waals surface area contributed by atoms with Crippen LogP contribution in [0.5, 0.6) is 0 Å². The summed E-state index contributed by atoms with van der Waals surface area (Å²) in [7, 11) is 0. The summed E-state index contributed by atoms with van der Waals surface area (Å²) in [5.74, 6) is -0.179. The Morgan fingerprint density at radius 2 is 0.906 bits per heavy atom. The molecule has 1 aliphatic rings. The Kier molecular flexibility index (Phi) is 42.7. The van der Waals surface area contributed by atoms with Crippen molar-refractivity contribution < 1.29 is 39.8 Å². The van der Waals surface area contributed by atoms with E-state index in [-0.39, 0.29) is 12.5 Å². The normalized spacial score (nSPS) is 20.3. The lowest BCUT2D eigenvalue weighted by molar-refractivity contribution is -0.302. The van der Waals surface area contributed by atoms with Gasteiger partial charge in [-0.25, -0.2) is 0 Å². The summed E-state index contributed by atoms with van der Waals surface area (Å²) in [4.78, 5) is 13.0. The van der Waals surface area contributed by atoms with Gasteiger partial charge in [-0.05, 0) is 44.9 Å². The molecular weight excluding hydrogens is 803 g/mol. The molecule has 0 aliphatic carbocycles. The van der Waals surface area contributed by atoms with Gasteiger partial charge in [0.2, 0.25) is 5.91 Å². The standard InChI is InChI=1S/C55H103NO8/c1-3-5-7-9-11-13-15-17-19-21-23-24-25-27-28-30-32-34-36-38-40-42-44-49(58)48(47-63-55-54(62)53(61)52(60)50(46-57)64-55)56-51(59)45-43-41-39-37-35-33-31-29-26-22-20-18-16-14-12-10-8-6-4-2/h12,14,16,18,42,44,48-50,52-55,57-58,60-62H,3-11,13,15,17,19-41,43,45-47H2,1-2H3,(H,56,59)/b14-12-,18-16-,44-42+. The Hall–Kier alpha value is -1.59. The van der Waals surface area contributed by atoms with Gasteiger partial charge in [-0.2, -0.15) is 0 Å². The number of carbonyl (C=O) groups excluding carboxylic acids is 1. The van der Waals surface area contributed by atoms with Crippen molar-refractivity contribution >= 4 is 5.91 Å². The van der Waals surface area contributed by atoms with Crippen LogP contribution in [0.15, 0.2) is 36.5 Å². The molecule has 376 valence electrons. The highest BCUT2D eigenvalue weighted by Gasteiger charge is 2.44. The van der Waals surface area contributed by atoms with Gasteiger partial charge >= 0.3 is 0 Å². The zero-order valence-corrected chi connectivity index (χ0v) is 41.5. The van der Waals surface area contributed by atoms with Gasteiger partial charge in [0.15, 0.2) is 6.29 Å². The Morgan fingerprint density at radius 1 is 0.531 bits per heavy atom. The highest BCUT2D eigenvalue weighted by molar-refractivity contribution is 5.76. The van der Waals surface area contributed by atoms with E-state index in [2.05, 4.69) is 43.5 Å². The second-order valence-corrected chi connectivity index (χ2v) is 19.1. The average Bonchev–Trinajstić information content (AvgIpc) is 3.29. The molecule has 0 bridgehead atoms. The van der Waals surface area contributed by atoms with Crippen LogP contribution in [0.2, 0.25) is 0 Å². The highest BCUT2D eigenvalue weighted by atomic mass is 16.7. The zero-order chi connectivity index (χ0) is 46.6. The van der Waals surface area contributed by atoms with Crippen LogP contribution < -0.4 is 5.32 Å². The van der Waals surface area contributed by atoms with E-state index in [0.29, 0.717) is 6.42 Å². The summed E-state index contributed by atoms with van der Waals surface area (Å²) >= 11 is 0. The van der Waals surface area contributed by atoms with Crippen molar-refractivity contribution in [2.45, 2.75) is 294 Å². The fourth-order valence-corrected chi connectivity index (χ4v) is 8.62. The molecule has 0 aromatic heterocycles. The third-order valence-corrected chi connectivity index (χ3v) is 13.0. The smallest absolute Gasteiger partial charge is 0.220 e. The van der Waals surface area contributed by atoms with E-state index < -0.39 is 49.5 Å². The number of hydrogen-bond acceptors (Lipinski definition) is 8. The summed E-state index contributed by atoms with van der Waals surface area (Å²) in [5, 5.41) is 54.4. The van der Waals surface area contributed by atoms with Gasteiger partial charge in [-0.3, -0.25) is 4.79 Å². The van der Waals surface area contributed by atoms with Crippen LogP contribution in [0, 0.1) is 0 Å². The molecule has 7 unspecified atom stereocenters. The van der Waals surface area contributed by atoms with Gasteiger partial charge in [0.05, 0.1) is 25.4 Å². The molecule has 1 amide bonds. The number of allylic oxidation sites excluding steroid dienone is 5. The topological polar surface area (TPSA) is 149 Å². The summed E-state index contributed by atoms with van der Waals surface area (Å²) in [6, 6.07) is -0.806. The number of aliphatic hydroxyl groups excluding tert-OH is 5. The first-order valence-corrected chi connectivity index (χ1v) is 27.2. The lowest BCUT2D eigenvalue weighted by atomic mass is 9.99. The molecule has 1 saturated heterocycles. The van der Waals surface area contributed by atoms with Gasteiger partial charge in [-0.1, -0.05) is 237 Å². The molecule has 1 heterocycles. The van der Waals surface area contributed by atoms with E-state index in [0.717, 1.165) is 44.9 Å². The summed E-state index contributed by atoms with van der Waals surface area (Å²) in [6.45, 7) is 3.77. The Labute approximate surface area is 393 Å². The number of nitrogens with one attached hydrogen (secondary N) is 1. The van der Waals surface area contributed by atoms with E-state index in [9.17, 15) is 30.3 Å². The van der Waals surface area contributed by atoms with Crippen LogP contribution in [-0.4, -0.2) is 87.5 Å². The molecule has 1 fully saturated rings. The second kappa shape index (κ2) is 45.2. The van der Waals surface area contributed by atoms with E-state index in [4.69, 9.17) is 9.47 Å². The van der Waals surface area contributed by atoms with Crippen LogP contribution >= 0.6 is 0 Å². The largest absolute Gasteiger partial charge is 0.394 e. The zero-order valence-electron chi connectivity index (χ0n) is 41.5. The SMILES string of the molecule is CCCCC/C=C\C=C/CCCCCCCCCCCCC(=O)NC(COC1OC(CO)C(O)C(O)C1O)C(O)/C=C/CCCCCCCCCCCCCCCCCCCCCC. The van der Waals surface area contributed by atoms with Crippen molar-refractivity contribution in [3.63, 3.8) is 0 Å². The number of unbranched alkanes of at least 4 members (excludes halogenated alkanes) is 33. The molecule has 0 spiro atoms. The van der Waals surface area contributed by atoms with E-state index in [1.54, 1.807) is 6.08 Å². The van der Waals surface area contributed by atoms with Crippen molar-refractivity contribution in [1.29, 1.82) is 0 Å². The molecule has 9 heteroatoms. The van der Waals surface area contributed by atoms with E-state index in [1.165, 1.54) is 186 Å². The lowest BCUT2D eigenvalue weighted by Gasteiger charge is -2.40. The maximum Gasteiger partial charge on any atom is 0.220 e. The Bertz CT molecular complexity index is 1100. The minimum absolute atomic E-state index is 0.179. The quantitative estimate of drug-likeness (QED) is 0.0201. The number of aliphatic hydroxyl groups is 5. The number of hydrogen-bond donors (Lipinski definition) is 6. The monoisotopic (exact) mass is 906 g/mol. The van der Waals surface area contributed by atoms with Crippen molar-refractivity contribution in [2.24, 2.45) is 0 Å². The van der Waals surface area contributed by atoms with E-state index >= 15 is 0 Å². The predicted molar refractivity (Wildman–Crippen MR) is 267 cm³/mol. The second-order valence-electron chi connectivity index (χ2n) is 19.1. The first-order valence-electron chi connectivity index (χ1n) is 27.2. The third-order valence-electron chi connectivity index (χ3n) is 13.0. The molecule has 64 heavy (non-hydrogen) atoms. The molecule has 1 rings (SSSR count). The van der Waals surface area contributed by atoms with E-state index in [1.807, 2.05) is 6.08 Å². The van der Waals surface area contributed by atoms with Crippen LogP contribution in [0.1, 0.15) is 251 Å². The molecule has 0 saturated carbocycles. The Morgan fingerprint density at radius 3 is 1.34 bits per heavy atom. The number of carbonyl (C=O) groups is 1. The molecule has 6 N–H and O–H groups in total. The maximum absolute atomic E-state index is 13.0. The molecule has 0 aromatic rings. The van der Waals surface area contributed by atoms with Gasteiger partial charge in [-0.15, -0.1) is 0 Å². The average molecular weight is 906 g/mol. The summed E-state index contributed by atoms with van der Waals surface area (Å²) < 4.78 is 11.3. The maximum atomic E-state index is 13.0. The van der Waals surface area contributed by atoms with Crippen molar-refractivity contribution in [3.8, 4) is 0 Å². The van der Waals surface area contributed by atoms with Crippen LogP contribution in [0.25, 0.3) is 0 Å². The summed E-state index contributed by atoms with van der Waals surface area (Å²) in [5.41, 5.74) is 0. The molecule has 1 aliphatic heterocycles. The van der Waals surface area contributed by atoms with Gasteiger partial charge < -0.3 is 40.3 Å². The van der Waals surface area contributed by atoms with Gasteiger partial charge in [0, 0.05) is 6.42 Å². The first kappa shape index (κ1) is 60.4. The molecule has 0 radical (unpaired) electrons. The fourth-order valence-electron chi connectivity index (χ4n) is 8.62. The van der Waals surface area contributed by atoms with Crippen molar-refractivity contribution in [1.82, 2.24) is 5.32 Å².